The van der Waals surface area contributed by atoms with Gasteiger partial charge in [0.25, 0.3) is 0 Å². The third kappa shape index (κ3) is 6.01. The van der Waals surface area contributed by atoms with Gasteiger partial charge in [-0.25, -0.2) is 4.79 Å². The van der Waals surface area contributed by atoms with Crippen LogP contribution in [-0.4, -0.2) is 72.6 Å². The van der Waals surface area contributed by atoms with Gasteiger partial charge in [-0.05, 0) is 45.0 Å². The highest BCUT2D eigenvalue weighted by Crippen LogP contribution is 2.33. The van der Waals surface area contributed by atoms with Gasteiger partial charge in [0.15, 0.2) is 6.67 Å². The van der Waals surface area contributed by atoms with Crippen molar-refractivity contribution < 1.29 is 23.8 Å². The molecular weight excluding hydrogens is 512 g/mol. The van der Waals surface area contributed by atoms with E-state index in [1.54, 1.807) is 38.1 Å². The molecule has 12 heteroatoms. The van der Waals surface area contributed by atoms with Crippen LogP contribution in [-0.2, 0) is 14.4 Å². The number of carbonyl (C=O) groups is 4. The van der Waals surface area contributed by atoms with Crippen LogP contribution in [0.4, 0.5) is 11.4 Å². The van der Waals surface area contributed by atoms with Crippen molar-refractivity contribution in [2.75, 3.05) is 49.6 Å². The number of rotatable bonds is 8. The lowest BCUT2D eigenvalue weighted by Crippen LogP contribution is -2.57. The van der Waals surface area contributed by atoms with Crippen molar-refractivity contribution in [1.82, 2.24) is 10.2 Å². The summed E-state index contributed by atoms with van der Waals surface area (Å²) in [6.45, 7) is 7.63. The van der Waals surface area contributed by atoms with Gasteiger partial charge < -0.3 is 31.4 Å². The van der Waals surface area contributed by atoms with Gasteiger partial charge in [-0.2, -0.15) is 0 Å². The molecule has 1 unspecified atom stereocenters. The third-order valence-electron chi connectivity index (χ3n) is 7.08. The number of hydroxylamine groups is 3. The Bertz CT molecular complexity index is 1180. The number of quaternary nitrogens is 1. The molecule has 1 fully saturated rings. The molecule has 2 heterocycles. The number of hydrogen-bond acceptors (Lipinski definition) is 7. The van der Waals surface area contributed by atoms with Gasteiger partial charge >= 0.3 is 5.91 Å². The number of benzene rings is 1. The van der Waals surface area contributed by atoms with Crippen LogP contribution in [0, 0.1) is 17.0 Å². The average Bonchev–Trinajstić information content (AvgIpc) is 3.36. The second-order valence-electron chi connectivity index (χ2n) is 9.41. The Morgan fingerprint density at radius 2 is 1.87 bits per heavy atom. The van der Waals surface area contributed by atoms with E-state index in [1.807, 2.05) is 11.8 Å². The van der Waals surface area contributed by atoms with Gasteiger partial charge in [-0.3, -0.25) is 19.0 Å². The first-order chi connectivity index (χ1) is 17.9. The predicted octanol–water partition coefficient (Wildman–Crippen LogP) is 2.09. The minimum Gasteiger partial charge on any atom is -0.624 e. The molecule has 4 amide bonds. The van der Waals surface area contributed by atoms with E-state index in [4.69, 9.17) is 17.3 Å². The molecule has 3 atom stereocenters. The van der Waals surface area contributed by atoms with Crippen LogP contribution < -0.4 is 21.3 Å². The first kappa shape index (κ1) is 29.2. The summed E-state index contributed by atoms with van der Waals surface area (Å²) in [6, 6.07) is 4.87. The van der Waals surface area contributed by atoms with Gasteiger partial charge in [-0.15, -0.1) is 0 Å². The van der Waals surface area contributed by atoms with Gasteiger partial charge in [0.05, 0.1) is 29.1 Å². The number of fused-ring (bicyclic) bond motifs is 1. The molecule has 1 aromatic carbocycles. The van der Waals surface area contributed by atoms with E-state index in [0.29, 0.717) is 28.6 Å². The van der Waals surface area contributed by atoms with Crippen LogP contribution in [0.3, 0.4) is 0 Å². The first-order valence-corrected chi connectivity index (χ1v) is 13.0. The molecular formula is C26H35ClN6O5. The fourth-order valence-corrected chi connectivity index (χ4v) is 4.85. The van der Waals surface area contributed by atoms with E-state index >= 15 is 0 Å². The minimum atomic E-state index is -1.01. The smallest absolute Gasteiger partial charge is 0.349 e. The maximum Gasteiger partial charge on any atom is 0.349 e. The number of likely N-dealkylation sites (tertiary alicyclic amines) is 1. The van der Waals surface area contributed by atoms with Gasteiger partial charge in [0.1, 0.15) is 5.56 Å². The highest BCUT2D eigenvalue weighted by Gasteiger charge is 2.43. The maximum absolute atomic E-state index is 13.3. The van der Waals surface area contributed by atoms with Crippen molar-refractivity contribution in [3.05, 3.63) is 51.9 Å². The molecule has 2 aliphatic heterocycles. The second-order valence-corrected chi connectivity index (χ2v) is 9.81. The summed E-state index contributed by atoms with van der Waals surface area (Å²) < 4.78 is -1.01. The van der Waals surface area contributed by atoms with E-state index in [0.717, 1.165) is 0 Å². The lowest BCUT2D eigenvalue weighted by Gasteiger charge is -2.46. The zero-order valence-electron chi connectivity index (χ0n) is 22.1. The molecule has 3 rings (SSSR count). The standard InChI is InChI=1S/C26H35ClN6O5/c1-5-22(28)21(27)10-11-29-24(35)19-13-32(16(4)34)14-20(19)25(36)30-17-8-9-23-18(12-17)26(37)33(38,7-3)15-31(23)6-2/h5,8-10,12,19-20H,6-7,11,13-15,28H2,1-4H3,(H,29,35)(H,30,36)/b21-10+,22-5+/t19-,20+,33?/m1/s1. The summed E-state index contributed by atoms with van der Waals surface area (Å²) in [5, 5.41) is 18.9. The van der Waals surface area contributed by atoms with E-state index in [9.17, 15) is 24.4 Å². The summed E-state index contributed by atoms with van der Waals surface area (Å²) >= 11 is 6.07. The van der Waals surface area contributed by atoms with E-state index in [2.05, 4.69) is 10.6 Å². The van der Waals surface area contributed by atoms with Crippen molar-refractivity contribution in [1.29, 1.82) is 0 Å². The summed E-state index contributed by atoms with van der Waals surface area (Å²) in [5.41, 5.74) is 7.33. The molecule has 2 aliphatic rings. The molecule has 206 valence electrons. The number of anilines is 2. The zero-order chi connectivity index (χ0) is 28.2. The number of nitrogens with one attached hydrogen (secondary N) is 2. The van der Waals surface area contributed by atoms with Crippen LogP contribution in [0.25, 0.3) is 0 Å². The SMILES string of the molecule is C/C=C(N)\C(Cl)=C/CNC(=O)[C@@H]1CN(C(C)=O)C[C@@H]1C(=O)Nc1ccc2c(c1)C(=O)[N+]([O-])(CC)CN2CC. The Labute approximate surface area is 227 Å². The normalized spacial score (nSPS) is 23.8. The number of carbonyl (C=O) groups excluding carboxylic acids is 4. The fraction of sp³-hybridized carbons (Fsp3) is 0.462. The van der Waals surface area contributed by atoms with Gasteiger partial charge in [0, 0.05) is 44.5 Å². The Kier molecular flexibility index (Phi) is 9.18. The van der Waals surface area contributed by atoms with Gasteiger partial charge in [-0.1, -0.05) is 17.7 Å². The molecule has 0 bridgehead atoms. The second kappa shape index (κ2) is 12.0. The summed E-state index contributed by atoms with van der Waals surface area (Å²) in [4.78, 5) is 54.6. The van der Waals surface area contributed by atoms with Crippen molar-refractivity contribution in [3.8, 4) is 0 Å². The van der Waals surface area contributed by atoms with Crippen LogP contribution in [0.2, 0.25) is 0 Å². The van der Waals surface area contributed by atoms with E-state index in [1.165, 1.54) is 17.9 Å². The maximum atomic E-state index is 13.3. The summed E-state index contributed by atoms with van der Waals surface area (Å²) in [6.07, 6.45) is 3.19. The van der Waals surface area contributed by atoms with Crippen LogP contribution >= 0.6 is 11.6 Å². The number of halogens is 1. The third-order valence-corrected chi connectivity index (χ3v) is 7.45. The average molecular weight is 547 g/mol. The molecule has 1 saturated heterocycles. The number of hydrogen-bond donors (Lipinski definition) is 3. The monoisotopic (exact) mass is 546 g/mol. The molecule has 4 N–H and O–H groups in total. The topological polar surface area (TPSA) is 148 Å². The molecule has 1 aromatic rings. The molecule has 0 saturated carbocycles. The number of amides is 4. The van der Waals surface area contributed by atoms with Crippen molar-refractivity contribution in [2.24, 2.45) is 17.6 Å². The molecule has 38 heavy (non-hydrogen) atoms. The molecule has 0 aromatic heterocycles. The fourth-order valence-electron chi connectivity index (χ4n) is 4.67. The number of nitrogens with two attached hydrogens (primary N) is 1. The molecule has 11 nitrogen and oxygen atoms in total. The lowest BCUT2D eigenvalue weighted by atomic mass is 9.94. The summed E-state index contributed by atoms with van der Waals surface area (Å²) in [5.74, 6) is -3.27. The predicted molar refractivity (Wildman–Crippen MR) is 146 cm³/mol. The van der Waals surface area contributed by atoms with Crippen molar-refractivity contribution in [3.63, 3.8) is 0 Å². The van der Waals surface area contributed by atoms with Crippen LogP contribution in [0.5, 0.6) is 0 Å². The zero-order valence-corrected chi connectivity index (χ0v) is 22.9. The Morgan fingerprint density at radius 3 is 2.45 bits per heavy atom. The highest BCUT2D eigenvalue weighted by molar-refractivity contribution is 6.31. The number of nitrogens with zero attached hydrogens (tertiary/aromatic N) is 3. The highest BCUT2D eigenvalue weighted by atomic mass is 35.5. The van der Waals surface area contributed by atoms with Crippen molar-refractivity contribution in [2.45, 2.75) is 27.7 Å². The van der Waals surface area contributed by atoms with Crippen LogP contribution in [0.1, 0.15) is 38.1 Å². The van der Waals surface area contributed by atoms with Crippen molar-refractivity contribution >= 4 is 46.6 Å². The van der Waals surface area contributed by atoms with E-state index in [-0.39, 0.29) is 44.3 Å². The van der Waals surface area contributed by atoms with Crippen LogP contribution in [0.15, 0.2) is 41.1 Å². The molecule has 0 spiro atoms. The summed E-state index contributed by atoms with van der Waals surface area (Å²) in [7, 11) is 0. The minimum absolute atomic E-state index is 0.0337. The van der Waals surface area contributed by atoms with E-state index < -0.39 is 34.2 Å². The first-order valence-electron chi connectivity index (χ1n) is 12.6. The Balaban J connectivity index is 1.79. The Hall–Kier alpha value is -3.41. The number of allylic oxidation sites excluding steroid dienone is 2. The lowest BCUT2D eigenvalue weighted by molar-refractivity contribution is -0.796. The molecule has 0 radical (unpaired) electrons. The largest absolute Gasteiger partial charge is 0.624 e. The quantitative estimate of drug-likeness (QED) is 0.257. The molecule has 0 aliphatic carbocycles. The Morgan fingerprint density at radius 1 is 1.21 bits per heavy atom. The van der Waals surface area contributed by atoms with Gasteiger partial charge in [0.2, 0.25) is 17.7 Å².